The number of nitrogens with zero attached hydrogens (tertiary/aromatic N) is 1. The van der Waals surface area contributed by atoms with Gasteiger partial charge < -0.3 is 10.1 Å². The van der Waals surface area contributed by atoms with Crippen molar-refractivity contribution in [2.45, 2.75) is 40.0 Å². The molecule has 1 heterocycles. The van der Waals surface area contributed by atoms with E-state index in [-0.39, 0.29) is 17.7 Å². The van der Waals surface area contributed by atoms with Crippen molar-refractivity contribution in [3.8, 4) is 5.75 Å². The van der Waals surface area contributed by atoms with Crippen LogP contribution in [0.15, 0.2) is 24.3 Å². The van der Waals surface area contributed by atoms with Crippen molar-refractivity contribution in [1.29, 1.82) is 0 Å². The summed E-state index contributed by atoms with van der Waals surface area (Å²) in [5.41, 5.74) is -1.55. The summed E-state index contributed by atoms with van der Waals surface area (Å²) in [5, 5.41) is 2.94. The lowest BCUT2D eigenvalue weighted by atomic mass is 9.51. The van der Waals surface area contributed by atoms with Crippen molar-refractivity contribution in [2.24, 2.45) is 16.2 Å². The second-order valence-electron chi connectivity index (χ2n) is 8.56. The van der Waals surface area contributed by atoms with Gasteiger partial charge >= 0.3 is 0 Å². The van der Waals surface area contributed by atoms with Crippen LogP contribution in [0.4, 0.5) is 5.69 Å². The molecule has 1 saturated carbocycles. The maximum atomic E-state index is 13.1. The van der Waals surface area contributed by atoms with Crippen LogP contribution in [0, 0.1) is 16.2 Å². The van der Waals surface area contributed by atoms with Gasteiger partial charge in [0, 0.05) is 29.0 Å². The van der Waals surface area contributed by atoms with E-state index >= 15 is 0 Å². The Labute approximate surface area is 153 Å². The number of amides is 3. The number of carbonyl (C=O) groups is 3. The van der Waals surface area contributed by atoms with Gasteiger partial charge in [0.1, 0.15) is 5.75 Å². The van der Waals surface area contributed by atoms with Crippen LogP contribution in [0.1, 0.15) is 40.0 Å². The first-order chi connectivity index (χ1) is 12.0. The number of imide groups is 1. The van der Waals surface area contributed by atoms with Gasteiger partial charge in [-0.2, -0.15) is 0 Å². The molecule has 1 aromatic carbocycles. The molecule has 2 aliphatic rings. The van der Waals surface area contributed by atoms with E-state index in [2.05, 4.69) is 5.32 Å². The summed E-state index contributed by atoms with van der Waals surface area (Å²) in [5.74, 6) is 0.164. The fourth-order valence-corrected chi connectivity index (χ4v) is 5.09. The maximum absolute atomic E-state index is 13.1. The van der Waals surface area contributed by atoms with E-state index in [1.54, 1.807) is 38.4 Å². The third-order valence-electron chi connectivity index (χ3n) is 5.88. The summed E-state index contributed by atoms with van der Waals surface area (Å²) < 4.78 is 5.13. The second-order valence-corrected chi connectivity index (χ2v) is 8.56. The van der Waals surface area contributed by atoms with E-state index in [1.165, 1.54) is 4.90 Å². The highest BCUT2D eigenvalue weighted by Crippen LogP contribution is 2.58. The van der Waals surface area contributed by atoms with Crippen molar-refractivity contribution in [2.75, 3.05) is 19.5 Å². The van der Waals surface area contributed by atoms with Gasteiger partial charge in [0.05, 0.1) is 7.11 Å². The molecule has 6 heteroatoms. The van der Waals surface area contributed by atoms with Gasteiger partial charge in [0.15, 0.2) is 0 Å². The summed E-state index contributed by atoms with van der Waals surface area (Å²) in [6, 6.07) is 7.10. The summed E-state index contributed by atoms with van der Waals surface area (Å²) in [4.78, 5) is 39.7. The molecule has 3 amide bonds. The molecule has 2 bridgehead atoms. The highest BCUT2D eigenvalue weighted by atomic mass is 16.5. The van der Waals surface area contributed by atoms with Gasteiger partial charge in [-0.05, 0) is 43.5 Å². The molecule has 1 aliphatic carbocycles. The largest absolute Gasteiger partial charge is 0.497 e. The molecule has 0 radical (unpaired) electrons. The Hall–Kier alpha value is -2.37. The predicted octanol–water partition coefficient (Wildman–Crippen LogP) is 2.84. The standard InChI is InChI=1S/C20H26N2O4/c1-18(15(23)21-13-6-8-14(26-5)9-7-13)10-19(2)12-20(3,11-18)17(25)22(4)16(19)24/h6-9H,10-12H2,1-5H3,(H,21,23). The first kappa shape index (κ1) is 18.4. The van der Waals surface area contributed by atoms with Gasteiger partial charge in [-0.15, -0.1) is 0 Å². The number of benzene rings is 1. The van der Waals surface area contributed by atoms with Crippen molar-refractivity contribution in [3.05, 3.63) is 24.3 Å². The van der Waals surface area contributed by atoms with Crippen LogP contribution in [0.25, 0.3) is 0 Å². The second kappa shape index (κ2) is 5.83. The minimum Gasteiger partial charge on any atom is -0.497 e. The third kappa shape index (κ3) is 2.77. The Bertz CT molecular complexity index is 743. The van der Waals surface area contributed by atoms with Gasteiger partial charge in [0.25, 0.3) is 0 Å². The van der Waals surface area contributed by atoms with Crippen molar-refractivity contribution >= 4 is 23.4 Å². The highest BCUT2D eigenvalue weighted by Gasteiger charge is 2.62. The van der Waals surface area contributed by atoms with Crippen LogP contribution >= 0.6 is 0 Å². The first-order valence-corrected chi connectivity index (χ1v) is 8.81. The fourth-order valence-electron chi connectivity index (χ4n) is 5.09. The molecule has 140 valence electrons. The zero-order valence-electron chi connectivity index (χ0n) is 16.0. The number of methoxy groups -OCH3 is 1. The molecular weight excluding hydrogens is 332 g/mol. The number of hydrogen-bond acceptors (Lipinski definition) is 4. The highest BCUT2D eigenvalue weighted by molar-refractivity contribution is 6.05. The Balaban J connectivity index is 1.88. The lowest BCUT2D eigenvalue weighted by Crippen LogP contribution is -2.63. The van der Waals surface area contributed by atoms with Gasteiger partial charge in [-0.3, -0.25) is 19.3 Å². The number of carbonyl (C=O) groups excluding carboxylic acids is 3. The van der Waals surface area contributed by atoms with E-state index < -0.39 is 16.2 Å². The maximum Gasteiger partial charge on any atom is 0.234 e. The summed E-state index contributed by atoms with van der Waals surface area (Å²) in [7, 11) is 3.13. The first-order valence-electron chi connectivity index (χ1n) is 8.81. The smallest absolute Gasteiger partial charge is 0.234 e. The molecule has 2 fully saturated rings. The zero-order chi connectivity index (χ0) is 19.3. The lowest BCUT2D eigenvalue weighted by Gasteiger charge is -2.55. The lowest BCUT2D eigenvalue weighted by molar-refractivity contribution is -0.177. The van der Waals surface area contributed by atoms with Crippen molar-refractivity contribution in [1.82, 2.24) is 4.90 Å². The third-order valence-corrected chi connectivity index (χ3v) is 5.88. The average Bonchev–Trinajstić information content (AvgIpc) is 2.58. The molecular formula is C20H26N2O4. The number of rotatable bonds is 3. The van der Waals surface area contributed by atoms with Crippen molar-refractivity contribution in [3.63, 3.8) is 0 Å². The molecule has 1 aromatic rings. The van der Waals surface area contributed by atoms with Crippen LogP contribution in [-0.2, 0) is 14.4 Å². The fraction of sp³-hybridized carbons (Fsp3) is 0.550. The van der Waals surface area contributed by atoms with Gasteiger partial charge in [-0.25, -0.2) is 0 Å². The molecule has 1 N–H and O–H groups in total. The van der Waals surface area contributed by atoms with E-state index in [9.17, 15) is 14.4 Å². The van der Waals surface area contributed by atoms with Crippen LogP contribution in [0.2, 0.25) is 0 Å². The molecule has 2 atom stereocenters. The quantitative estimate of drug-likeness (QED) is 0.843. The van der Waals surface area contributed by atoms with E-state index in [4.69, 9.17) is 4.74 Å². The SMILES string of the molecule is COc1ccc(NC(=O)C2(C)CC3(C)CC(C)(C2)C(=O)N(C)C3=O)cc1. The number of hydrogen-bond donors (Lipinski definition) is 1. The Morgan fingerprint density at radius 2 is 1.50 bits per heavy atom. The van der Waals surface area contributed by atoms with Crippen LogP contribution in [0.3, 0.4) is 0 Å². The Morgan fingerprint density at radius 1 is 1.00 bits per heavy atom. The van der Waals surface area contributed by atoms with Gasteiger partial charge in [0.2, 0.25) is 17.7 Å². The van der Waals surface area contributed by atoms with Crippen LogP contribution in [0.5, 0.6) is 5.75 Å². The molecule has 26 heavy (non-hydrogen) atoms. The van der Waals surface area contributed by atoms with Crippen molar-refractivity contribution < 1.29 is 19.1 Å². The molecule has 0 spiro atoms. The number of anilines is 1. The molecule has 2 unspecified atom stereocenters. The minimum atomic E-state index is -0.797. The van der Waals surface area contributed by atoms with Crippen LogP contribution < -0.4 is 10.1 Å². The zero-order valence-corrected chi connectivity index (χ0v) is 16.0. The average molecular weight is 358 g/mol. The Morgan fingerprint density at radius 3 is 1.96 bits per heavy atom. The number of fused-ring (bicyclic) bond motifs is 2. The molecule has 1 saturated heterocycles. The minimum absolute atomic E-state index is 0.162. The number of piperidine rings is 1. The monoisotopic (exact) mass is 358 g/mol. The molecule has 1 aliphatic heterocycles. The predicted molar refractivity (Wildman–Crippen MR) is 97.6 cm³/mol. The number of likely N-dealkylation sites (tertiary alicyclic amines) is 1. The normalized spacial score (nSPS) is 33.8. The Kier molecular flexibility index (Phi) is 4.13. The molecule has 3 rings (SSSR count). The van der Waals surface area contributed by atoms with E-state index in [0.717, 1.165) is 0 Å². The summed E-state index contributed by atoms with van der Waals surface area (Å²) >= 11 is 0. The van der Waals surface area contributed by atoms with Crippen LogP contribution in [-0.4, -0.2) is 36.8 Å². The van der Waals surface area contributed by atoms with E-state index in [1.807, 2.05) is 20.8 Å². The molecule has 6 nitrogen and oxygen atoms in total. The topological polar surface area (TPSA) is 75.7 Å². The van der Waals surface area contributed by atoms with E-state index in [0.29, 0.717) is 30.7 Å². The number of nitrogens with one attached hydrogen (secondary N) is 1. The summed E-state index contributed by atoms with van der Waals surface area (Å²) in [6.45, 7) is 5.59. The summed E-state index contributed by atoms with van der Waals surface area (Å²) in [6.07, 6.45) is 1.34. The molecule has 0 aromatic heterocycles. The van der Waals surface area contributed by atoms with Gasteiger partial charge in [-0.1, -0.05) is 20.8 Å². The number of ether oxygens (including phenoxy) is 1.